The summed E-state index contributed by atoms with van der Waals surface area (Å²) in [6, 6.07) is 8.45. The van der Waals surface area contributed by atoms with Crippen LogP contribution in [0.25, 0.3) is 0 Å². The van der Waals surface area contributed by atoms with E-state index in [1.165, 1.54) is 11.6 Å². The monoisotopic (exact) mass is 652 g/mol. The van der Waals surface area contributed by atoms with Gasteiger partial charge in [0.05, 0.1) is 24.4 Å². The summed E-state index contributed by atoms with van der Waals surface area (Å²) in [5.74, 6) is -2.84. The lowest BCUT2D eigenvalue weighted by molar-refractivity contribution is -0.0808. The van der Waals surface area contributed by atoms with Crippen LogP contribution in [-0.4, -0.2) is 70.5 Å². The zero-order chi connectivity index (χ0) is 33.9. The highest BCUT2D eigenvalue weighted by atomic mass is 19.2. The molecule has 0 unspecified atom stereocenters. The van der Waals surface area contributed by atoms with Crippen LogP contribution in [0.2, 0.25) is 0 Å². The summed E-state index contributed by atoms with van der Waals surface area (Å²) in [4.78, 5) is 29.3. The van der Waals surface area contributed by atoms with Gasteiger partial charge >= 0.3 is 6.03 Å². The second kappa shape index (κ2) is 14.5. The molecule has 1 heterocycles. The van der Waals surface area contributed by atoms with Gasteiger partial charge in [-0.25, -0.2) is 13.6 Å². The number of hydrogen-bond donors (Lipinski definition) is 3. The molecule has 7 nitrogen and oxygen atoms in total. The molecule has 2 fully saturated rings. The van der Waals surface area contributed by atoms with Gasteiger partial charge in [0.25, 0.3) is 0 Å². The Balaban J connectivity index is 1.59. The zero-order valence-electron chi connectivity index (χ0n) is 28.2. The van der Waals surface area contributed by atoms with Crippen LogP contribution < -0.4 is 5.32 Å². The Morgan fingerprint density at radius 1 is 1.09 bits per heavy atom. The zero-order valence-corrected chi connectivity index (χ0v) is 28.2. The molecule has 3 aliphatic carbocycles. The number of amides is 2. The molecule has 3 N–H and O–H groups in total. The van der Waals surface area contributed by atoms with Crippen molar-refractivity contribution in [3.63, 3.8) is 0 Å². The third-order valence-electron chi connectivity index (χ3n) is 10.7. The number of benzene rings is 2. The number of aliphatic hydroxyl groups is 2. The van der Waals surface area contributed by atoms with Crippen molar-refractivity contribution < 1.29 is 33.3 Å². The number of carbonyl (C=O) groups excluding carboxylic acids is 2. The number of urea groups is 1. The first kappa shape index (κ1) is 35.2. The molecule has 2 bridgehead atoms. The smallest absolute Gasteiger partial charge is 0.317 e. The predicted molar refractivity (Wildman–Crippen MR) is 177 cm³/mol. The fraction of sp³-hybridized carbons (Fsp3) is 0.579. The third-order valence-corrected chi connectivity index (χ3v) is 10.7. The maximum absolute atomic E-state index is 14.3. The Kier molecular flexibility index (Phi) is 10.9. The lowest BCUT2D eigenvalue weighted by Crippen LogP contribution is -2.57. The molecule has 1 saturated carbocycles. The maximum Gasteiger partial charge on any atom is 0.317 e. The van der Waals surface area contributed by atoms with Crippen molar-refractivity contribution >= 4 is 11.8 Å². The van der Waals surface area contributed by atoms with Crippen LogP contribution >= 0.6 is 0 Å². The Morgan fingerprint density at radius 3 is 2.57 bits per heavy atom. The lowest BCUT2D eigenvalue weighted by Gasteiger charge is -2.46. The van der Waals surface area contributed by atoms with Crippen LogP contribution in [-0.2, 0) is 11.2 Å². The van der Waals surface area contributed by atoms with Crippen molar-refractivity contribution in [1.82, 2.24) is 10.2 Å². The molecule has 1 aliphatic heterocycles. The summed E-state index contributed by atoms with van der Waals surface area (Å²) < 4.78 is 34.1. The molecule has 5 atom stereocenters. The van der Waals surface area contributed by atoms with E-state index in [9.17, 15) is 28.6 Å². The van der Waals surface area contributed by atoms with Gasteiger partial charge in [0, 0.05) is 35.7 Å². The van der Waals surface area contributed by atoms with E-state index in [1.807, 2.05) is 26.0 Å². The number of ketones is 1. The highest BCUT2D eigenvalue weighted by Gasteiger charge is 2.57. The van der Waals surface area contributed by atoms with E-state index in [-0.39, 0.29) is 36.2 Å². The number of rotatable bonds is 7. The number of nitrogens with one attached hydrogen (secondary N) is 1. The minimum atomic E-state index is -1.29. The van der Waals surface area contributed by atoms with Crippen LogP contribution in [0, 0.1) is 17.0 Å². The molecule has 2 amide bonds. The fourth-order valence-corrected chi connectivity index (χ4v) is 7.90. The lowest BCUT2D eigenvalue weighted by atomic mass is 9.64. The van der Waals surface area contributed by atoms with Crippen LogP contribution in [0.5, 0.6) is 0 Å². The number of carbonyl (C=O) groups is 2. The largest absolute Gasteiger partial charge is 0.393 e. The number of hydrogen-bond acceptors (Lipinski definition) is 5. The Morgan fingerprint density at radius 2 is 1.87 bits per heavy atom. The van der Waals surface area contributed by atoms with Gasteiger partial charge in [-0.05, 0) is 120 Å². The average molecular weight is 653 g/mol. The second-order valence-corrected chi connectivity index (χ2v) is 14.5. The van der Waals surface area contributed by atoms with Crippen LogP contribution in [0.1, 0.15) is 112 Å². The molecule has 0 aromatic heterocycles. The summed E-state index contributed by atoms with van der Waals surface area (Å²) in [6.07, 6.45) is 7.11. The van der Waals surface area contributed by atoms with E-state index in [0.29, 0.717) is 57.2 Å². The minimum absolute atomic E-state index is 0.0329. The molecule has 6 rings (SSSR count). The van der Waals surface area contributed by atoms with Gasteiger partial charge in [-0.1, -0.05) is 30.7 Å². The van der Waals surface area contributed by atoms with Crippen molar-refractivity contribution in [2.45, 2.75) is 115 Å². The third kappa shape index (κ3) is 7.79. The number of nitrogens with zero attached hydrogens (tertiary/aromatic N) is 1. The summed E-state index contributed by atoms with van der Waals surface area (Å²) in [5.41, 5.74) is 1.01. The normalized spacial score (nSPS) is 28.1. The standard InChI is InChI=1S/C38H50F2N2O5/c1-24(2)41-36(45)42(22-29-8-6-18-47-29)23-38(46)17-15-32-30-13-10-26(19-28(43)12-9-25(3)7-5-16-37(32,38)4)20-31(30)35(44)27-11-14-33(39)34(40)21-27/h7,10-11,13-14,20-21,24,28-29,32,43,46H,5-6,8-9,12,15-19,22-23H2,1-4H3,(H,41,45)/t28-,29+,32-,37-,38+/m0/s1. The van der Waals surface area contributed by atoms with Gasteiger partial charge in [-0.3, -0.25) is 4.79 Å². The van der Waals surface area contributed by atoms with Crippen molar-refractivity contribution in [2.75, 3.05) is 19.7 Å². The molecule has 0 spiro atoms. The Bertz CT molecular complexity index is 1490. The van der Waals surface area contributed by atoms with E-state index in [4.69, 9.17) is 4.74 Å². The summed E-state index contributed by atoms with van der Waals surface area (Å²) in [6.45, 7) is 9.07. The number of ether oxygens (including phenoxy) is 1. The molecular weight excluding hydrogens is 602 g/mol. The SMILES string of the molecule is CC1=CCC[C@@]2(C)[C@@H](CC[C@@]2(O)CN(C[C@H]2CCCO2)C(=O)NC(C)C)c2ccc(cc2C(=O)c2ccc(F)c(F)c2)C[C@@H](O)CC1. The van der Waals surface area contributed by atoms with E-state index in [2.05, 4.69) is 25.2 Å². The molecule has 1 saturated heterocycles. The summed E-state index contributed by atoms with van der Waals surface area (Å²) in [7, 11) is 0. The first-order valence-electron chi connectivity index (χ1n) is 17.2. The van der Waals surface area contributed by atoms with Crippen molar-refractivity contribution in [2.24, 2.45) is 5.41 Å². The van der Waals surface area contributed by atoms with Crippen molar-refractivity contribution in [3.8, 4) is 0 Å². The van der Waals surface area contributed by atoms with E-state index < -0.39 is 34.5 Å². The van der Waals surface area contributed by atoms with Gasteiger partial charge < -0.3 is 25.2 Å². The van der Waals surface area contributed by atoms with E-state index >= 15 is 0 Å². The molecule has 47 heavy (non-hydrogen) atoms. The van der Waals surface area contributed by atoms with Crippen LogP contribution in [0.15, 0.2) is 48.0 Å². The molecular formula is C38H50F2N2O5. The molecule has 2 aromatic rings. The Labute approximate surface area is 277 Å². The first-order chi connectivity index (χ1) is 22.3. The summed E-state index contributed by atoms with van der Waals surface area (Å²) in [5, 5.41) is 26.6. The van der Waals surface area contributed by atoms with Crippen molar-refractivity contribution in [1.29, 1.82) is 0 Å². The number of halogens is 2. The van der Waals surface area contributed by atoms with Gasteiger partial charge in [0.1, 0.15) is 0 Å². The summed E-state index contributed by atoms with van der Waals surface area (Å²) >= 11 is 0. The highest BCUT2D eigenvalue weighted by molar-refractivity contribution is 6.10. The maximum atomic E-state index is 14.3. The van der Waals surface area contributed by atoms with Gasteiger partial charge in [-0.2, -0.15) is 0 Å². The number of aliphatic hydroxyl groups excluding tert-OH is 1. The predicted octanol–water partition coefficient (Wildman–Crippen LogP) is 6.83. The first-order valence-corrected chi connectivity index (χ1v) is 17.2. The highest BCUT2D eigenvalue weighted by Crippen LogP contribution is 2.59. The van der Waals surface area contributed by atoms with Gasteiger partial charge in [-0.15, -0.1) is 0 Å². The van der Waals surface area contributed by atoms with E-state index in [0.717, 1.165) is 42.5 Å². The second-order valence-electron chi connectivity index (χ2n) is 14.5. The minimum Gasteiger partial charge on any atom is -0.393 e. The molecule has 4 aliphatic rings. The molecule has 0 radical (unpaired) electrons. The van der Waals surface area contributed by atoms with E-state index in [1.54, 1.807) is 11.0 Å². The van der Waals surface area contributed by atoms with Crippen molar-refractivity contribution in [3.05, 3.63) is 81.9 Å². The van der Waals surface area contributed by atoms with Gasteiger partial charge in [0.2, 0.25) is 0 Å². The molecule has 9 heteroatoms. The average Bonchev–Trinajstić information content (AvgIpc) is 3.62. The van der Waals surface area contributed by atoms with Crippen LogP contribution in [0.4, 0.5) is 13.6 Å². The number of fused-ring (bicyclic) bond motifs is 8. The van der Waals surface area contributed by atoms with Gasteiger partial charge in [0.15, 0.2) is 17.4 Å². The number of allylic oxidation sites excluding steroid dienone is 2. The Hall–Kier alpha value is -3.14. The quantitative estimate of drug-likeness (QED) is 0.225. The molecule has 256 valence electrons. The van der Waals surface area contributed by atoms with Crippen LogP contribution in [0.3, 0.4) is 0 Å². The molecule has 2 aromatic carbocycles. The topological polar surface area (TPSA) is 99.1 Å². The fourth-order valence-electron chi connectivity index (χ4n) is 7.90.